The summed E-state index contributed by atoms with van der Waals surface area (Å²) in [7, 11) is 0. The summed E-state index contributed by atoms with van der Waals surface area (Å²) < 4.78 is 0.764. The van der Waals surface area contributed by atoms with Gasteiger partial charge >= 0.3 is 0 Å². The fraction of sp³-hybridized carbons (Fsp3) is 0.417. The number of hydrogen-bond acceptors (Lipinski definition) is 3. The Kier molecular flexibility index (Phi) is 3.69. The van der Waals surface area contributed by atoms with Gasteiger partial charge in [-0.25, -0.2) is 0 Å². The van der Waals surface area contributed by atoms with Crippen LogP contribution >= 0.6 is 15.9 Å². The Morgan fingerprint density at radius 2 is 2.29 bits per heavy atom. The number of carbonyl (C=O) groups excluding carboxylic acids is 1. The van der Waals surface area contributed by atoms with Crippen molar-refractivity contribution in [3.63, 3.8) is 0 Å². The van der Waals surface area contributed by atoms with Crippen LogP contribution in [0, 0.1) is 0 Å². The smallest absolute Gasteiger partial charge is 0.257 e. The molecular formula is C12H15BrN2O2. The lowest BCUT2D eigenvalue weighted by Crippen LogP contribution is -2.58. The number of nitrogens with zero attached hydrogens (tertiary/aromatic N) is 1. The molecule has 5 heteroatoms. The van der Waals surface area contributed by atoms with E-state index in [0.29, 0.717) is 12.1 Å². The monoisotopic (exact) mass is 298 g/mol. The van der Waals surface area contributed by atoms with Crippen LogP contribution in [-0.2, 0) is 0 Å². The summed E-state index contributed by atoms with van der Waals surface area (Å²) in [6, 6.07) is 5.20. The quantitative estimate of drug-likeness (QED) is 0.891. The lowest BCUT2D eigenvalue weighted by atomic mass is 10.1. The zero-order valence-corrected chi connectivity index (χ0v) is 11.2. The van der Waals surface area contributed by atoms with Gasteiger partial charge in [0.25, 0.3) is 5.91 Å². The molecule has 0 unspecified atom stereocenters. The molecule has 1 aliphatic heterocycles. The first kappa shape index (κ1) is 12.4. The van der Waals surface area contributed by atoms with Crippen LogP contribution < -0.4 is 5.32 Å². The van der Waals surface area contributed by atoms with Gasteiger partial charge in [0.05, 0.1) is 11.6 Å². The second kappa shape index (κ2) is 5.06. The van der Waals surface area contributed by atoms with Crippen molar-refractivity contribution in [1.82, 2.24) is 10.2 Å². The first-order chi connectivity index (χ1) is 8.13. The molecule has 4 nitrogen and oxygen atoms in total. The van der Waals surface area contributed by atoms with Gasteiger partial charge in [0.15, 0.2) is 0 Å². The summed E-state index contributed by atoms with van der Waals surface area (Å²) in [5, 5.41) is 12.9. The largest absolute Gasteiger partial charge is 0.507 e. The van der Waals surface area contributed by atoms with E-state index in [-0.39, 0.29) is 17.7 Å². The van der Waals surface area contributed by atoms with E-state index in [2.05, 4.69) is 21.2 Å². The summed E-state index contributed by atoms with van der Waals surface area (Å²) in [6.45, 7) is 4.26. The van der Waals surface area contributed by atoms with Crippen molar-refractivity contribution in [1.29, 1.82) is 0 Å². The molecule has 2 rings (SSSR count). The molecule has 1 saturated heterocycles. The molecule has 92 valence electrons. The first-order valence-corrected chi connectivity index (χ1v) is 6.43. The van der Waals surface area contributed by atoms with E-state index in [9.17, 15) is 9.90 Å². The van der Waals surface area contributed by atoms with Crippen molar-refractivity contribution >= 4 is 21.8 Å². The van der Waals surface area contributed by atoms with Crippen molar-refractivity contribution in [2.75, 3.05) is 19.6 Å². The summed E-state index contributed by atoms with van der Waals surface area (Å²) in [5.74, 6) is -0.0842. The number of likely N-dealkylation sites (N-methyl/N-ethyl adjacent to an activating group) is 1. The fourth-order valence-corrected chi connectivity index (χ4v) is 2.25. The Morgan fingerprint density at radius 3 is 2.76 bits per heavy atom. The molecule has 17 heavy (non-hydrogen) atoms. The van der Waals surface area contributed by atoms with Crippen LogP contribution in [-0.4, -0.2) is 41.6 Å². The first-order valence-electron chi connectivity index (χ1n) is 5.63. The van der Waals surface area contributed by atoms with Crippen LogP contribution in [0.4, 0.5) is 0 Å². The third-order valence-corrected chi connectivity index (χ3v) is 3.49. The van der Waals surface area contributed by atoms with Gasteiger partial charge in [0.2, 0.25) is 0 Å². The molecular weight excluding hydrogens is 284 g/mol. The highest BCUT2D eigenvalue weighted by molar-refractivity contribution is 9.10. The van der Waals surface area contributed by atoms with E-state index >= 15 is 0 Å². The molecule has 1 amide bonds. The molecule has 0 aromatic heterocycles. The third kappa shape index (κ3) is 2.45. The van der Waals surface area contributed by atoms with Crippen LogP contribution in [0.5, 0.6) is 5.75 Å². The number of phenolic OH excluding ortho intramolecular Hbond substituents is 1. The van der Waals surface area contributed by atoms with Gasteiger partial charge in [-0.15, -0.1) is 0 Å². The van der Waals surface area contributed by atoms with Gasteiger partial charge in [-0.05, 0) is 25.1 Å². The second-order valence-electron chi connectivity index (χ2n) is 4.06. The average Bonchev–Trinajstić information content (AvgIpc) is 2.22. The molecule has 0 bridgehead atoms. The van der Waals surface area contributed by atoms with Crippen LogP contribution in [0.3, 0.4) is 0 Å². The maximum absolute atomic E-state index is 12.3. The average molecular weight is 299 g/mol. The Hall–Kier alpha value is -1.07. The Bertz CT molecular complexity index is 433. The number of hydrogen-bond donors (Lipinski definition) is 2. The molecule has 0 spiro atoms. The van der Waals surface area contributed by atoms with Crippen LogP contribution in [0.25, 0.3) is 0 Å². The summed E-state index contributed by atoms with van der Waals surface area (Å²) in [6.07, 6.45) is 0. The zero-order chi connectivity index (χ0) is 12.4. The summed E-state index contributed by atoms with van der Waals surface area (Å²) in [5.41, 5.74) is 0.363. The number of halogens is 1. The lowest BCUT2D eigenvalue weighted by Gasteiger charge is -2.37. The Balaban J connectivity index is 2.22. The molecule has 0 aliphatic carbocycles. The van der Waals surface area contributed by atoms with Gasteiger partial charge in [-0.2, -0.15) is 0 Å². The van der Waals surface area contributed by atoms with Crippen molar-refractivity contribution in [2.45, 2.75) is 13.0 Å². The number of benzene rings is 1. The Morgan fingerprint density at radius 1 is 1.59 bits per heavy atom. The van der Waals surface area contributed by atoms with Gasteiger partial charge in [0.1, 0.15) is 5.75 Å². The maximum Gasteiger partial charge on any atom is 0.257 e. The number of aromatic hydroxyl groups is 1. The molecule has 0 radical (unpaired) electrons. The van der Waals surface area contributed by atoms with Crippen molar-refractivity contribution in [3.8, 4) is 5.75 Å². The van der Waals surface area contributed by atoms with Crippen LogP contribution in [0.2, 0.25) is 0 Å². The van der Waals surface area contributed by atoms with Crippen molar-refractivity contribution in [3.05, 3.63) is 28.2 Å². The summed E-state index contributed by atoms with van der Waals surface area (Å²) in [4.78, 5) is 14.1. The van der Waals surface area contributed by atoms with E-state index in [4.69, 9.17) is 0 Å². The molecule has 1 fully saturated rings. The highest BCUT2D eigenvalue weighted by Crippen LogP contribution is 2.24. The number of phenols is 1. The Labute approximate surface area is 109 Å². The lowest BCUT2D eigenvalue weighted by molar-refractivity contribution is 0.0627. The minimum atomic E-state index is -0.107. The molecule has 0 saturated carbocycles. The van der Waals surface area contributed by atoms with Gasteiger partial charge in [-0.3, -0.25) is 4.79 Å². The normalized spacial score (nSPS) is 15.4. The van der Waals surface area contributed by atoms with Crippen molar-refractivity contribution in [2.24, 2.45) is 0 Å². The topological polar surface area (TPSA) is 52.6 Å². The minimum Gasteiger partial charge on any atom is -0.507 e. The molecule has 0 atom stereocenters. The molecule has 1 aromatic rings. The molecule has 1 heterocycles. The third-order valence-electron chi connectivity index (χ3n) is 2.99. The number of rotatable bonds is 3. The van der Waals surface area contributed by atoms with E-state index in [0.717, 1.165) is 17.6 Å². The van der Waals surface area contributed by atoms with Crippen molar-refractivity contribution < 1.29 is 9.90 Å². The molecule has 2 N–H and O–H groups in total. The molecule has 1 aromatic carbocycles. The SMILES string of the molecule is CCN(C(=O)c1ccc(Br)cc1O)C1CNC1. The number of carbonyl (C=O) groups is 1. The zero-order valence-electron chi connectivity index (χ0n) is 9.61. The van der Waals surface area contributed by atoms with E-state index < -0.39 is 0 Å². The fourth-order valence-electron chi connectivity index (χ4n) is 1.90. The number of nitrogens with one attached hydrogen (secondary N) is 1. The van der Waals surface area contributed by atoms with E-state index in [1.54, 1.807) is 23.1 Å². The number of amides is 1. The van der Waals surface area contributed by atoms with Gasteiger partial charge in [-0.1, -0.05) is 15.9 Å². The van der Waals surface area contributed by atoms with Crippen LogP contribution in [0.1, 0.15) is 17.3 Å². The second-order valence-corrected chi connectivity index (χ2v) is 4.98. The van der Waals surface area contributed by atoms with E-state index in [1.165, 1.54) is 0 Å². The molecule has 1 aliphatic rings. The standard InChI is InChI=1S/C12H15BrN2O2/c1-2-15(9-6-14-7-9)12(17)10-4-3-8(13)5-11(10)16/h3-5,9,14,16H,2,6-7H2,1H3. The highest BCUT2D eigenvalue weighted by atomic mass is 79.9. The highest BCUT2D eigenvalue weighted by Gasteiger charge is 2.29. The minimum absolute atomic E-state index is 0.0232. The van der Waals surface area contributed by atoms with E-state index in [1.807, 2.05) is 6.92 Å². The predicted molar refractivity (Wildman–Crippen MR) is 69.2 cm³/mol. The summed E-state index contributed by atoms with van der Waals surface area (Å²) >= 11 is 3.26. The van der Waals surface area contributed by atoms with Gasteiger partial charge < -0.3 is 15.3 Å². The van der Waals surface area contributed by atoms with Gasteiger partial charge in [0, 0.05) is 24.1 Å². The van der Waals surface area contributed by atoms with Crippen LogP contribution in [0.15, 0.2) is 22.7 Å². The maximum atomic E-state index is 12.3. The predicted octanol–water partition coefficient (Wildman–Crippen LogP) is 1.59.